The Bertz CT molecular complexity index is 524. The molecule has 2 fully saturated rings. The van der Waals surface area contributed by atoms with Crippen molar-refractivity contribution >= 4 is 18.3 Å². The highest BCUT2D eigenvalue weighted by molar-refractivity contribution is 5.85. The third kappa shape index (κ3) is 3.84. The first kappa shape index (κ1) is 18.2. The zero-order valence-corrected chi connectivity index (χ0v) is 14.6. The second-order valence-corrected chi connectivity index (χ2v) is 6.14. The molecule has 1 aromatic heterocycles. The molecule has 2 aliphatic rings. The maximum atomic E-state index is 12.1. The van der Waals surface area contributed by atoms with Crippen LogP contribution in [0.3, 0.4) is 0 Å². The predicted molar refractivity (Wildman–Crippen MR) is 88.4 cm³/mol. The standard InChI is InChI=1S/C15H25N5O2.ClH/c1-3-13(21)20-8-5-4-6-11(20)15-17-14(18-22-15)12-10-16-7-9-19(12)2;/h11-12,16H,3-10H2,1-2H3;1H. The molecule has 2 saturated heterocycles. The Labute approximate surface area is 143 Å². The van der Waals surface area contributed by atoms with Gasteiger partial charge in [0.25, 0.3) is 0 Å². The van der Waals surface area contributed by atoms with E-state index < -0.39 is 0 Å². The lowest BCUT2D eigenvalue weighted by molar-refractivity contribution is -0.135. The van der Waals surface area contributed by atoms with Crippen LogP contribution in [0.15, 0.2) is 4.52 Å². The van der Waals surface area contributed by atoms with Gasteiger partial charge in [-0.3, -0.25) is 9.69 Å². The Kier molecular flexibility index (Phi) is 6.38. The van der Waals surface area contributed by atoms with Crippen LogP contribution < -0.4 is 5.32 Å². The van der Waals surface area contributed by atoms with E-state index in [9.17, 15) is 4.79 Å². The molecule has 3 rings (SSSR count). The van der Waals surface area contributed by atoms with Crippen molar-refractivity contribution in [3.63, 3.8) is 0 Å². The molecule has 0 bridgehead atoms. The van der Waals surface area contributed by atoms with Gasteiger partial charge in [-0.2, -0.15) is 4.98 Å². The van der Waals surface area contributed by atoms with E-state index in [2.05, 4.69) is 27.4 Å². The molecule has 23 heavy (non-hydrogen) atoms. The molecule has 0 aromatic carbocycles. The Morgan fingerprint density at radius 2 is 2.17 bits per heavy atom. The number of nitrogens with one attached hydrogen (secondary N) is 1. The average Bonchev–Trinajstić information content (AvgIpc) is 3.04. The van der Waals surface area contributed by atoms with E-state index in [0.717, 1.165) is 51.3 Å². The summed E-state index contributed by atoms with van der Waals surface area (Å²) >= 11 is 0. The van der Waals surface area contributed by atoms with Crippen molar-refractivity contribution in [2.45, 2.75) is 44.7 Å². The number of amides is 1. The normalized spacial score (nSPS) is 25.9. The molecule has 0 aliphatic carbocycles. The summed E-state index contributed by atoms with van der Waals surface area (Å²) < 4.78 is 5.52. The fourth-order valence-electron chi connectivity index (χ4n) is 3.30. The Morgan fingerprint density at radius 3 is 2.91 bits per heavy atom. The minimum absolute atomic E-state index is 0. The molecule has 0 spiro atoms. The third-order valence-electron chi connectivity index (χ3n) is 4.68. The summed E-state index contributed by atoms with van der Waals surface area (Å²) in [6, 6.07) is 0.0921. The smallest absolute Gasteiger partial charge is 0.249 e. The molecular weight excluding hydrogens is 318 g/mol. The summed E-state index contributed by atoms with van der Waals surface area (Å²) in [4.78, 5) is 20.9. The van der Waals surface area contributed by atoms with Gasteiger partial charge in [0, 0.05) is 32.6 Å². The molecule has 2 atom stereocenters. The van der Waals surface area contributed by atoms with Crippen LogP contribution in [-0.4, -0.2) is 59.1 Å². The summed E-state index contributed by atoms with van der Waals surface area (Å²) in [6.45, 7) is 5.48. The summed E-state index contributed by atoms with van der Waals surface area (Å²) in [5, 5.41) is 7.54. The van der Waals surface area contributed by atoms with Gasteiger partial charge in [0.2, 0.25) is 11.8 Å². The first-order valence-corrected chi connectivity index (χ1v) is 8.24. The summed E-state index contributed by atoms with van der Waals surface area (Å²) in [6.07, 6.45) is 3.58. The van der Waals surface area contributed by atoms with E-state index in [1.54, 1.807) is 0 Å². The van der Waals surface area contributed by atoms with Crippen molar-refractivity contribution in [2.75, 3.05) is 33.2 Å². The number of halogens is 1. The van der Waals surface area contributed by atoms with Gasteiger partial charge in [-0.1, -0.05) is 12.1 Å². The van der Waals surface area contributed by atoms with Gasteiger partial charge in [-0.05, 0) is 26.3 Å². The van der Waals surface area contributed by atoms with Gasteiger partial charge < -0.3 is 14.7 Å². The molecule has 1 aromatic rings. The lowest BCUT2D eigenvalue weighted by Gasteiger charge is -2.33. The average molecular weight is 344 g/mol. The Morgan fingerprint density at radius 1 is 1.35 bits per heavy atom. The first-order valence-electron chi connectivity index (χ1n) is 8.24. The van der Waals surface area contributed by atoms with Crippen LogP contribution >= 0.6 is 12.4 Å². The van der Waals surface area contributed by atoms with Crippen molar-refractivity contribution < 1.29 is 9.32 Å². The van der Waals surface area contributed by atoms with Gasteiger partial charge in [-0.15, -0.1) is 12.4 Å². The van der Waals surface area contributed by atoms with Crippen LogP contribution in [0.5, 0.6) is 0 Å². The minimum Gasteiger partial charge on any atom is -0.337 e. The monoisotopic (exact) mass is 343 g/mol. The second-order valence-electron chi connectivity index (χ2n) is 6.14. The number of hydrogen-bond acceptors (Lipinski definition) is 6. The lowest BCUT2D eigenvalue weighted by atomic mass is 10.0. The highest BCUT2D eigenvalue weighted by Crippen LogP contribution is 2.31. The zero-order valence-electron chi connectivity index (χ0n) is 13.8. The number of piperidine rings is 1. The summed E-state index contributed by atoms with van der Waals surface area (Å²) in [5.74, 6) is 1.48. The fraction of sp³-hybridized carbons (Fsp3) is 0.800. The van der Waals surface area contributed by atoms with Crippen LogP contribution in [0.4, 0.5) is 0 Å². The van der Waals surface area contributed by atoms with E-state index in [0.29, 0.717) is 12.3 Å². The quantitative estimate of drug-likeness (QED) is 0.897. The predicted octanol–water partition coefficient (Wildman–Crippen LogP) is 1.53. The van der Waals surface area contributed by atoms with E-state index in [1.807, 2.05) is 11.8 Å². The van der Waals surface area contributed by atoms with E-state index >= 15 is 0 Å². The zero-order chi connectivity index (χ0) is 15.5. The summed E-state index contributed by atoms with van der Waals surface area (Å²) in [7, 11) is 2.08. The molecule has 1 amide bonds. The van der Waals surface area contributed by atoms with Gasteiger partial charge >= 0.3 is 0 Å². The van der Waals surface area contributed by atoms with E-state index in [-0.39, 0.29) is 30.4 Å². The highest BCUT2D eigenvalue weighted by Gasteiger charge is 2.33. The molecule has 0 saturated carbocycles. The van der Waals surface area contributed by atoms with E-state index in [4.69, 9.17) is 4.52 Å². The SMILES string of the molecule is CCC(=O)N1CCCCC1c1nc(C2CNCCN2C)no1.Cl. The fourth-order valence-corrected chi connectivity index (χ4v) is 3.30. The van der Waals surface area contributed by atoms with E-state index in [1.165, 1.54) is 0 Å². The van der Waals surface area contributed by atoms with Gasteiger partial charge in [0.15, 0.2) is 5.82 Å². The molecule has 7 nitrogen and oxygen atoms in total. The number of rotatable bonds is 3. The number of piperazine rings is 1. The second kappa shape index (κ2) is 8.08. The van der Waals surface area contributed by atoms with Crippen LogP contribution in [0, 0.1) is 0 Å². The molecule has 130 valence electrons. The maximum Gasteiger partial charge on any atom is 0.249 e. The molecule has 2 aliphatic heterocycles. The number of hydrogen-bond donors (Lipinski definition) is 1. The first-order chi connectivity index (χ1) is 10.7. The number of nitrogens with zero attached hydrogens (tertiary/aromatic N) is 4. The molecule has 0 radical (unpaired) electrons. The van der Waals surface area contributed by atoms with Crippen LogP contribution in [0.1, 0.15) is 56.4 Å². The number of carbonyl (C=O) groups is 1. The number of carbonyl (C=O) groups excluding carboxylic acids is 1. The lowest BCUT2D eigenvalue weighted by Crippen LogP contribution is -2.44. The van der Waals surface area contributed by atoms with Crippen LogP contribution in [0.25, 0.3) is 0 Å². The van der Waals surface area contributed by atoms with Crippen molar-refractivity contribution in [1.82, 2.24) is 25.3 Å². The molecular formula is C15H26ClN5O2. The van der Waals surface area contributed by atoms with Crippen LogP contribution in [-0.2, 0) is 4.79 Å². The number of likely N-dealkylation sites (N-methyl/N-ethyl adjacent to an activating group) is 1. The largest absolute Gasteiger partial charge is 0.337 e. The topological polar surface area (TPSA) is 74.5 Å². The Hall–Kier alpha value is -1.18. The molecule has 8 heteroatoms. The maximum absolute atomic E-state index is 12.1. The number of aromatic nitrogens is 2. The van der Waals surface area contributed by atoms with Crippen molar-refractivity contribution in [2.24, 2.45) is 0 Å². The number of likely N-dealkylation sites (tertiary alicyclic amines) is 1. The van der Waals surface area contributed by atoms with Gasteiger partial charge in [0.1, 0.15) is 6.04 Å². The summed E-state index contributed by atoms with van der Waals surface area (Å²) in [5.41, 5.74) is 0. The third-order valence-corrected chi connectivity index (χ3v) is 4.68. The minimum atomic E-state index is -0.0516. The van der Waals surface area contributed by atoms with Crippen molar-refractivity contribution in [3.05, 3.63) is 11.7 Å². The highest BCUT2D eigenvalue weighted by atomic mass is 35.5. The van der Waals surface area contributed by atoms with Gasteiger partial charge in [-0.25, -0.2) is 0 Å². The molecule has 1 N–H and O–H groups in total. The van der Waals surface area contributed by atoms with Crippen molar-refractivity contribution in [3.8, 4) is 0 Å². The van der Waals surface area contributed by atoms with Crippen LogP contribution in [0.2, 0.25) is 0 Å². The van der Waals surface area contributed by atoms with Crippen molar-refractivity contribution in [1.29, 1.82) is 0 Å². The Balaban J connectivity index is 0.00000192. The molecule has 2 unspecified atom stereocenters. The van der Waals surface area contributed by atoms with Gasteiger partial charge in [0.05, 0.1) is 6.04 Å². The molecule has 3 heterocycles.